The van der Waals surface area contributed by atoms with Crippen molar-refractivity contribution in [3.8, 4) is 0 Å². The van der Waals surface area contributed by atoms with Gasteiger partial charge in [-0.2, -0.15) is 0 Å². The third-order valence-electron chi connectivity index (χ3n) is 3.63. The molecule has 0 aliphatic carbocycles. The molecule has 0 bridgehead atoms. The number of hydrogen-bond acceptors (Lipinski definition) is 2. The molecule has 0 radical (unpaired) electrons. The van der Waals surface area contributed by atoms with E-state index in [1.54, 1.807) is 0 Å². The molecule has 0 aromatic heterocycles. The Balaban J connectivity index is 1.86. The van der Waals surface area contributed by atoms with Crippen LogP contribution in [-0.4, -0.2) is 6.54 Å². The van der Waals surface area contributed by atoms with Crippen LogP contribution in [0, 0.1) is 6.92 Å². The Morgan fingerprint density at radius 1 is 1.21 bits per heavy atom. The van der Waals surface area contributed by atoms with E-state index in [9.17, 15) is 0 Å². The number of rotatable bonds is 2. The van der Waals surface area contributed by atoms with Crippen LogP contribution in [0.1, 0.15) is 22.7 Å². The van der Waals surface area contributed by atoms with Gasteiger partial charge in [0.05, 0.1) is 0 Å². The topological polar surface area (TPSA) is 29.3 Å². The second-order valence-electron chi connectivity index (χ2n) is 5.18. The monoisotopic (exact) mass is 272 g/mol. The molecule has 1 atom stereocenters. The lowest BCUT2D eigenvalue weighted by Gasteiger charge is -2.19. The molecule has 2 aromatic rings. The van der Waals surface area contributed by atoms with Gasteiger partial charge in [-0.1, -0.05) is 41.4 Å². The van der Waals surface area contributed by atoms with Crippen LogP contribution < -0.4 is 10.6 Å². The zero-order chi connectivity index (χ0) is 13.4. The average Bonchev–Trinajstić information content (AvgIpc) is 2.69. The molecular formula is C16H17ClN2. The zero-order valence-corrected chi connectivity index (χ0v) is 11.7. The van der Waals surface area contributed by atoms with Crippen molar-refractivity contribution in [1.82, 2.24) is 0 Å². The Morgan fingerprint density at radius 2 is 1.95 bits per heavy atom. The molecule has 1 aliphatic rings. The van der Waals surface area contributed by atoms with E-state index in [2.05, 4.69) is 42.2 Å². The number of anilines is 1. The van der Waals surface area contributed by atoms with Crippen LogP contribution >= 0.6 is 11.6 Å². The van der Waals surface area contributed by atoms with E-state index < -0.39 is 0 Å². The third-order valence-corrected chi connectivity index (χ3v) is 3.88. The second-order valence-corrected chi connectivity index (χ2v) is 5.61. The molecule has 0 amide bonds. The molecule has 98 valence electrons. The molecule has 0 saturated carbocycles. The molecule has 0 fully saturated rings. The minimum absolute atomic E-state index is 0.113. The molecule has 3 rings (SSSR count). The van der Waals surface area contributed by atoms with Gasteiger partial charge in [0.1, 0.15) is 0 Å². The highest BCUT2D eigenvalue weighted by Crippen LogP contribution is 2.35. The Kier molecular flexibility index (Phi) is 3.21. The molecule has 1 aliphatic heterocycles. The first kappa shape index (κ1) is 12.5. The predicted octanol–water partition coefficient (Wildman–Crippen LogP) is 3.67. The van der Waals surface area contributed by atoms with Crippen molar-refractivity contribution in [2.45, 2.75) is 19.5 Å². The largest absolute Gasteiger partial charge is 0.365 e. The molecule has 2 N–H and O–H groups in total. The summed E-state index contributed by atoms with van der Waals surface area (Å²) in [5, 5.41) is 0.776. The van der Waals surface area contributed by atoms with Gasteiger partial charge in [0.2, 0.25) is 0 Å². The van der Waals surface area contributed by atoms with E-state index in [0.29, 0.717) is 0 Å². The van der Waals surface area contributed by atoms with Gasteiger partial charge in [-0.3, -0.25) is 0 Å². The van der Waals surface area contributed by atoms with Gasteiger partial charge in [-0.25, -0.2) is 0 Å². The van der Waals surface area contributed by atoms with Crippen LogP contribution in [0.4, 0.5) is 5.69 Å². The second kappa shape index (κ2) is 4.87. The highest BCUT2D eigenvalue weighted by Gasteiger charge is 2.25. The molecule has 19 heavy (non-hydrogen) atoms. The number of aryl methyl sites for hydroxylation is 1. The maximum atomic E-state index is 6.22. The van der Waals surface area contributed by atoms with Crippen molar-refractivity contribution in [2.75, 3.05) is 11.4 Å². The van der Waals surface area contributed by atoms with Crippen molar-refractivity contribution in [1.29, 1.82) is 0 Å². The Hall–Kier alpha value is -1.51. The standard InChI is InChI=1S/C16H17ClN2/c1-11-2-7-16-14(8-11)15(18)10-19(16)9-12-3-5-13(17)6-4-12/h2-8,15H,9-10,18H2,1H3/t15-/m1/s1. The molecule has 0 unspecified atom stereocenters. The minimum atomic E-state index is 0.113. The molecule has 0 spiro atoms. The summed E-state index contributed by atoms with van der Waals surface area (Å²) in [6, 6.07) is 14.6. The van der Waals surface area contributed by atoms with Gasteiger partial charge < -0.3 is 10.6 Å². The van der Waals surface area contributed by atoms with E-state index in [4.69, 9.17) is 17.3 Å². The smallest absolute Gasteiger partial charge is 0.0494 e. The summed E-state index contributed by atoms with van der Waals surface area (Å²) < 4.78 is 0. The highest BCUT2D eigenvalue weighted by atomic mass is 35.5. The van der Waals surface area contributed by atoms with Crippen LogP contribution in [0.2, 0.25) is 5.02 Å². The van der Waals surface area contributed by atoms with Crippen LogP contribution in [0.5, 0.6) is 0 Å². The molecule has 2 nitrogen and oxygen atoms in total. The van der Waals surface area contributed by atoms with Crippen LogP contribution in [-0.2, 0) is 6.54 Å². The fourth-order valence-electron chi connectivity index (χ4n) is 2.65. The van der Waals surface area contributed by atoms with Gasteiger partial charge in [0, 0.05) is 29.8 Å². The maximum absolute atomic E-state index is 6.22. The lowest BCUT2D eigenvalue weighted by Crippen LogP contribution is -2.23. The SMILES string of the molecule is Cc1ccc2c(c1)[C@H](N)CN2Cc1ccc(Cl)cc1. The van der Waals surface area contributed by atoms with E-state index in [1.165, 1.54) is 22.4 Å². The Bertz CT molecular complexity index is 592. The van der Waals surface area contributed by atoms with E-state index in [1.807, 2.05) is 12.1 Å². The van der Waals surface area contributed by atoms with Crippen LogP contribution in [0.15, 0.2) is 42.5 Å². The minimum Gasteiger partial charge on any atom is -0.365 e. The summed E-state index contributed by atoms with van der Waals surface area (Å²) in [5.74, 6) is 0. The predicted molar refractivity (Wildman–Crippen MR) is 80.6 cm³/mol. The van der Waals surface area contributed by atoms with Crippen LogP contribution in [0.3, 0.4) is 0 Å². The lowest BCUT2D eigenvalue weighted by molar-refractivity contribution is 0.720. The first-order valence-corrected chi connectivity index (χ1v) is 6.87. The normalized spacial score (nSPS) is 17.6. The van der Waals surface area contributed by atoms with Gasteiger partial charge in [0.25, 0.3) is 0 Å². The molecular weight excluding hydrogens is 256 g/mol. The summed E-state index contributed by atoms with van der Waals surface area (Å²) in [6.45, 7) is 3.86. The average molecular weight is 273 g/mol. The third kappa shape index (κ3) is 2.46. The fraction of sp³-hybridized carbons (Fsp3) is 0.250. The van der Waals surface area contributed by atoms with Crippen molar-refractivity contribution in [3.05, 3.63) is 64.2 Å². The summed E-state index contributed by atoms with van der Waals surface area (Å²) >= 11 is 5.92. The number of halogens is 1. The van der Waals surface area contributed by atoms with Crippen molar-refractivity contribution >= 4 is 17.3 Å². The molecule has 1 heterocycles. The molecule has 2 aromatic carbocycles. The first-order chi connectivity index (χ1) is 9.13. The lowest BCUT2D eigenvalue weighted by atomic mass is 10.1. The van der Waals surface area contributed by atoms with Gasteiger partial charge in [0.15, 0.2) is 0 Å². The van der Waals surface area contributed by atoms with Gasteiger partial charge in [-0.05, 0) is 36.2 Å². The molecule has 3 heteroatoms. The fourth-order valence-corrected chi connectivity index (χ4v) is 2.78. The molecule has 0 saturated heterocycles. The van der Waals surface area contributed by atoms with Gasteiger partial charge >= 0.3 is 0 Å². The maximum Gasteiger partial charge on any atom is 0.0494 e. The Labute approximate surface area is 118 Å². The summed E-state index contributed by atoms with van der Waals surface area (Å²) in [7, 11) is 0. The van der Waals surface area contributed by atoms with E-state index in [-0.39, 0.29) is 6.04 Å². The number of hydrogen-bond donors (Lipinski definition) is 1. The summed E-state index contributed by atoms with van der Waals surface area (Å²) in [5.41, 5.74) is 11.3. The van der Waals surface area contributed by atoms with Crippen LogP contribution in [0.25, 0.3) is 0 Å². The Morgan fingerprint density at radius 3 is 2.68 bits per heavy atom. The van der Waals surface area contributed by atoms with Crippen molar-refractivity contribution in [3.63, 3.8) is 0 Å². The summed E-state index contributed by atoms with van der Waals surface area (Å²) in [4.78, 5) is 2.34. The number of benzene rings is 2. The van der Waals surface area contributed by atoms with Gasteiger partial charge in [-0.15, -0.1) is 0 Å². The highest BCUT2D eigenvalue weighted by molar-refractivity contribution is 6.30. The quantitative estimate of drug-likeness (QED) is 0.904. The summed E-state index contributed by atoms with van der Waals surface area (Å²) in [6.07, 6.45) is 0. The number of nitrogens with two attached hydrogens (primary N) is 1. The van der Waals surface area contributed by atoms with E-state index in [0.717, 1.165) is 18.1 Å². The number of fused-ring (bicyclic) bond motifs is 1. The zero-order valence-electron chi connectivity index (χ0n) is 10.9. The van der Waals surface area contributed by atoms with E-state index >= 15 is 0 Å². The first-order valence-electron chi connectivity index (χ1n) is 6.49. The van der Waals surface area contributed by atoms with Crippen molar-refractivity contribution in [2.24, 2.45) is 5.73 Å². The number of nitrogens with zero attached hydrogens (tertiary/aromatic N) is 1. The van der Waals surface area contributed by atoms with Crippen molar-refractivity contribution < 1.29 is 0 Å².